The van der Waals surface area contributed by atoms with E-state index in [2.05, 4.69) is 33.9 Å². The van der Waals surface area contributed by atoms with Crippen molar-refractivity contribution in [2.45, 2.75) is 25.6 Å². The Morgan fingerprint density at radius 3 is 3.15 bits per heavy atom. The molecular weight excluding hydrogens is 258 g/mol. The van der Waals surface area contributed by atoms with E-state index in [1.54, 1.807) is 19.6 Å². The van der Waals surface area contributed by atoms with Gasteiger partial charge in [0.25, 0.3) is 0 Å². The van der Waals surface area contributed by atoms with E-state index in [9.17, 15) is 0 Å². The standard InChI is InChI=1S/C13H19N5O2/c1-13(2)8-18(6-10(20-13)7-19-3)11-12-16-15-9-17(12)5-4-14-11/h4-5,9-10H,6-8H2,1-3H3. The van der Waals surface area contributed by atoms with Gasteiger partial charge in [0.1, 0.15) is 6.33 Å². The van der Waals surface area contributed by atoms with Crippen molar-refractivity contribution in [1.82, 2.24) is 19.6 Å². The van der Waals surface area contributed by atoms with E-state index < -0.39 is 0 Å². The number of anilines is 1. The lowest BCUT2D eigenvalue weighted by Gasteiger charge is -2.43. The summed E-state index contributed by atoms with van der Waals surface area (Å²) in [5, 5.41) is 8.09. The first-order valence-electron chi connectivity index (χ1n) is 6.65. The van der Waals surface area contributed by atoms with Gasteiger partial charge in [-0.15, -0.1) is 10.2 Å². The van der Waals surface area contributed by atoms with Crippen molar-refractivity contribution in [3.63, 3.8) is 0 Å². The van der Waals surface area contributed by atoms with Gasteiger partial charge < -0.3 is 14.4 Å². The lowest BCUT2D eigenvalue weighted by molar-refractivity contribution is -0.106. The van der Waals surface area contributed by atoms with Crippen LogP contribution in [-0.2, 0) is 9.47 Å². The van der Waals surface area contributed by atoms with E-state index in [-0.39, 0.29) is 11.7 Å². The molecule has 1 aliphatic rings. The van der Waals surface area contributed by atoms with Crippen LogP contribution in [0.25, 0.3) is 5.65 Å². The van der Waals surface area contributed by atoms with Crippen LogP contribution in [0, 0.1) is 0 Å². The van der Waals surface area contributed by atoms with Gasteiger partial charge in [0.2, 0.25) is 5.65 Å². The number of morpholine rings is 1. The van der Waals surface area contributed by atoms with Crippen LogP contribution < -0.4 is 4.90 Å². The number of methoxy groups -OCH3 is 1. The zero-order chi connectivity index (χ0) is 14.2. The number of ether oxygens (including phenoxy) is 2. The summed E-state index contributed by atoms with van der Waals surface area (Å²) in [5.74, 6) is 0.836. The van der Waals surface area contributed by atoms with E-state index in [1.165, 1.54) is 0 Å². The second-order valence-electron chi connectivity index (χ2n) is 5.65. The largest absolute Gasteiger partial charge is 0.382 e. The number of fused-ring (bicyclic) bond motifs is 1. The summed E-state index contributed by atoms with van der Waals surface area (Å²) in [4.78, 5) is 6.66. The fraction of sp³-hybridized carbons (Fsp3) is 0.615. The number of nitrogens with zero attached hydrogens (tertiary/aromatic N) is 5. The third kappa shape index (κ3) is 2.46. The van der Waals surface area contributed by atoms with Crippen LogP contribution >= 0.6 is 0 Å². The molecule has 7 nitrogen and oxygen atoms in total. The second kappa shape index (κ2) is 4.99. The van der Waals surface area contributed by atoms with Gasteiger partial charge in [-0.25, -0.2) is 4.98 Å². The Morgan fingerprint density at radius 2 is 2.35 bits per heavy atom. The zero-order valence-corrected chi connectivity index (χ0v) is 12.0. The monoisotopic (exact) mass is 277 g/mol. The molecule has 20 heavy (non-hydrogen) atoms. The fourth-order valence-electron chi connectivity index (χ4n) is 2.70. The molecule has 0 radical (unpaired) electrons. The van der Waals surface area contributed by atoms with E-state index >= 15 is 0 Å². The molecule has 1 fully saturated rings. The molecule has 1 aliphatic heterocycles. The molecule has 0 spiro atoms. The molecule has 1 atom stereocenters. The minimum atomic E-state index is -0.254. The Balaban J connectivity index is 1.94. The van der Waals surface area contributed by atoms with E-state index in [0.717, 1.165) is 24.6 Å². The lowest BCUT2D eigenvalue weighted by atomic mass is 10.1. The van der Waals surface area contributed by atoms with Crippen LogP contribution in [0.3, 0.4) is 0 Å². The summed E-state index contributed by atoms with van der Waals surface area (Å²) in [7, 11) is 1.69. The van der Waals surface area contributed by atoms with Crippen LogP contribution in [0.2, 0.25) is 0 Å². The van der Waals surface area contributed by atoms with Crippen molar-refractivity contribution in [2.75, 3.05) is 31.7 Å². The summed E-state index contributed by atoms with van der Waals surface area (Å²) in [5.41, 5.74) is 0.511. The molecule has 0 aliphatic carbocycles. The summed E-state index contributed by atoms with van der Waals surface area (Å²) in [6.07, 6.45) is 5.31. The molecule has 0 saturated carbocycles. The first-order chi connectivity index (χ1) is 9.59. The van der Waals surface area contributed by atoms with Gasteiger partial charge in [0, 0.05) is 32.6 Å². The predicted molar refractivity (Wildman–Crippen MR) is 73.8 cm³/mol. The quantitative estimate of drug-likeness (QED) is 0.825. The van der Waals surface area contributed by atoms with Gasteiger partial charge in [-0.1, -0.05) is 0 Å². The average Bonchev–Trinajstić information content (AvgIpc) is 2.85. The number of rotatable bonds is 3. The molecule has 3 heterocycles. The maximum atomic E-state index is 6.02. The van der Waals surface area contributed by atoms with Crippen molar-refractivity contribution >= 4 is 11.5 Å². The number of aromatic nitrogens is 4. The number of hydrogen-bond acceptors (Lipinski definition) is 6. The Labute approximate surface area is 117 Å². The van der Waals surface area contributed by atoms with E-state index in [0.29, 0.717) is 6.61 Å². The van der Waals surface area contributed by atoms with Crippen LogP contribution in [0.4, 0.5) is 5.82 Å². The minimum absolute atomic E-state index is 0.0220. The highest BCUT2D eigenvalue weighted by molar-refractivity contribution is 5.63. The third-order valence-corrected chi connectivity index (χ3v) is 3.33. The van der Waals surface area contributed by atoms with E-state index in [1.807, 2.05) is 10.6 Å². The van der Waals surface area contributed by atoms with Crippen LogP contribution in [-0.4, -0.2) is 58.1 Å². The average molecular weight is 277 g/mol. The molecule has 0 N–H and O–H groups in total. The van der Waals surface area contributed by atoms with Crippen LogP contribution in [0.1, 0.15) is 13.8 Å². The van der Waals surface area contributed by atoms with Gasteiger partial charge in [-0.2, -0.15) is 0 Å². The first kappa shape index (κ1) is 13.3. The molecule has 3 rings (SSSR count). The normalized spacial score (nSPS) is 22.4. The summed E-state index contributed by atoms with van der Waals surface area (Å²) in [6.45, 7) is 6.21. The van der Waals surface area contributed by atoms with Gasteiger partial charge in [-0.3, -0.25) is 4.40 Å². The summed E-state index contributed by atoms with van der Waals surface area (Å²) in [6, 6.07) is 0. The maximum Gasteiger partial charge on any atom is 0.203 e. The van der Waals surface area contributed by atoms with Crippen molar-refractivity contribution in [3.8, 4) is 0 Å². The molecule has 0 amide bonds. The summed E-state index contributed by atoms with van der Waals surface area (Å²) < 4.78 is 13.1. The smallest absolute Gasteiger partial charge is 0.203 e. The molecule has 0 bridgehead atoms. The molecule has 7 heteroatoms. The highest BCUT2D eigenvalue weighted by Gasteiger charge is 2.34. The van der Waals surface area contributed by atoms with Crippen molar-refractivity contribution in [3.05, 3.63) is 18.7 Å². The number of hydrogen-bond donors (Lipinski definition) is 0. The molecule has 2 aromatic heterocycles. The molecule has 2 aromatic rings. The SMILES string of the molecule is COCC1CN(c2nccn3cnnc23)CC(C)(C)O1. The minimum Gasteiger partial charge on any atom is -0.382 e. The van der Waals surface area contributed by atoms with Crippen LogP contribution in [0.5, 0.6) is 0 Å². The topological polar surface area (TPSA) is 64.8 Å². The van der Waals surface area contributed by atoms with Gasteiger partial charge in [-0.05, 0) is 13.8 Å². The molecular formula is C13H19N5O2. The third-order valence-electron chi connectivity index (χ3n) is 3.33. The Hall–Kier alpha value is -1.73. The Bertz CT molecular complexity index is 597. The zero-order valence-electron chi connectivity index (χ0n) is 12.0. The van der Waals surface area contributed by atoms with Gasteiger partial charge in [0.05, 0.1) is 18.3 Å². The Morgan fingerprint density at radius 1 is 1.50 bits per heavy atom. The molecule has 108 valence electrons. The van der Waals surface area contributed by atoms with Gasteiger partial charge in [0.15, 0.2) is 5.82 Å². The first-order valence-corrected chi connectivity index (χ1v) is 6.65. The maximum absolute atomic E-state index is 6.02. The Kier molecular flexibility index (Phi) is 3.31. The highest BCUT2D eigenvalue weighted by Crippen LogP contribution is 2.26. The molecule has 1 unspecified atom stereocenters. The fourth-order valence-corrected chi connectivity index (χ4v) is 2.70. The van der Waals surface area contributed by atoms with Crippen molar-refractivity contribution in [1.29, 1.82) is 0 Å². The van der Waals surface area contributed by atoms with Gasteiger partial charge >= 0.3 is 0 Å². The molecule has 0 aromatic carbocycles. The summed E-state index contributed by atoms with van der Waals surface area (Å²) >= 11 is 0. The van der Waals surface area contributed by atoms with Crippen molar-refractivity contribution in [2.24, 2.45) is 0 Å². The van der Waals surface area contributed by atoms with Crippen LogP contribution in [0.15, 0.2) is 18.7 Å². The van der Waals surface area contributed by atoms with Crippen molar-refractivity contribution < 1.29 is 9.47 Å². The molecule has 1 saturated heterocycles. The predicted octanol–water partition coefficient (Wildman–Crippen LogP) is 0.754. The lowest BCUT2D eigenvalue weighted by Crippen LogP contribution is -2.54. The van der Waals surface area contributed by atoms with E-state index in [4.69, 9.17) is 9.47 Å². The second-order valence-corrected chi connectivity index (χ2v) is 5.65. The highest BCUT2D eigenvalue weighted by atomic mass is 16.5.